The SMILES string of the molecule is C[C@@H](C(=O)OCc1ccccc1)[C@@H]1OC(C)(C)OC/C1=C\c1ccccc1. The first-order valence-corrected chi connectivity index (χ1v) is 9.22. The summed E-state index contributed by atoms with van der Waals surface area (Å²) in [7, 11) is 0. The van der Waals surface area contributed by atoms with Crippen molar-refractivity contribution >= 4 is 12.0 Å². The molecule has 0 aromatic heterocycles. The highest BCUT2D eigenvalue weighted by Gasteiger charge is 2.39. The van der Waals surface area contributed by atoms with E-state index < -0.39 is 17.8 Å². The van der Waals surface area contributed by atoms with Gasteiger partial charge in [-0.15, -0.1) is 0 Å². The second-order valence-corrected chi connectivity index (χ2v) is 7.24. The molecule has 0 unspecified atom stereocenters. The molecule has 1 aliphatic heterocycles. The highest BCUT2D eigenvalue weighted by molar-refractivity contribution is 5.74. The summed E-state index contributed by atoms with van der Waals surface area (Å²) in [6, 6.07) is 19.6. The fourth-order valence-corrected chi connectivity index (χ4v) is 3.05. The number of carbonyl (C=O) groups excluding carboxylic acids is 1. The van der Waals surface area contributed by atoms with E-state index in [9.17, 15) is 4.79 Å². The van der Waals surface area contributed by atoms with Crippen LogP contribution in [0.25, 0.3) is 6.08 Å². The number of ether oxygens (including phenoxy) is 3. The van der Waals surface area contributed by atoms with Gasteiger partial charge in [-0.3, -0.25) is 4.79 Å². The van der Waals surface area contributed by atoms with Gasteiger partial charge in [0, 0.05) is 0 Å². The molecule has 0 radical (unpaired) electrons. The van der Waals surface area contributed by atoms with Crippen molar-refractivity contribution in [3.8, 4) is 0 Å². The van der Waals surface area contributed by atoms with Crippen LogP contribution < -0.4 is 0 Å². The predicted molar refractivity (Wildman–Crippen MR) is 105 cm³/mol. The van der Waals surface area contributed by atoms with Gasteiger partial charge in [-0.05, 0) is 37.5 Å². The first-order valence-electron chi connectivity index (χ1n) is 9.22. The summed E-state index contributed by atoms with van der Waals surface area (Å²) < 4.78 is 17.4. The average Bonchev–Trinajstić information content (AvgIpc) is 2.68. The van der Waals surface area contributed by atoms with Gasteiger partial charge in [0.2, 0.25) is 0 Å². The Morgan fingerprint density at radius 3 is 2.44 bits per heavy atom. The summed E-state index contributed by atoms with van der Waals surface area (Å²) in [5, 5.41) is 0. The molecule has 1 fully saturated rings. The van der Waals surface area contributed by atoms with Gasteiger partial charge in [0.05, 0.1) is 18.6 Å². The van der Waals surface area contributed by atoms with Gasteiger partial charge in [-0.2, -0.15) is 0 Å². The minimum atomic E-state index is -0.743. The van der Waals surface area contributed by atoms with Crippen molar-refractivity contribution in [1.82, 2.24) is 0 Å². The Balaban J connectivity index is 1.74. The number of carbonyl (C=O) groups is 1. The lowest BCUT2D eigenvalue weighted by Gasteiger charge is -2.39. The van der Waals surface area contributed by atoms with E-state index in [-0.39, 0.29) is 12.6 Å². The zero-order chi connectivity index (χ0) is 19.3. The first-order chi connectivity index (χ1) is 12.9. The number of hydrogen-bond acceptors (Lipinski definition) is 4. The van der Waals surface area contributed by atoms with Crippen LogP contribution in [0.2, 0.25) is 0 Å². The van der Waals surface area contributed by atoms with Crippen LogP contribution in [0, 0.1) is 5.92 Å². The monoisotopic (exact) mass is 366 g/mol. The molecule has 2 aromatic carbocycles. The molecule has 0 amide bonds. The molecule has 0 N–H and O–H groups in total. The molecule has 0 spiro atoms. The molecule has 4 nitrogen and oxygen atoms in total. The van der Waals surface area contributed by atoms with Crippen LogP contribution in [0.15, 0.2) is 66.2 Å². The van der Waals surface area contributed by atoms with Crippen LogP contribution in [0.4, 0.5) is 0 Å². The highest BCUT2D eigenvalue weighted by atomic mass is 16.7. The van der Waals surface area contributed by atoms with Crippen molar-refractivity contribution in [2.24, 2.45) is 5.92 Å². The molecule has 2 aromatic rings. The van der Waals surface area contributed by atoms with Gasteiger partial charge in [0.25, 0.3) is 0 Å². The van der Waals surface area contributed by atoms with Crippen LogP contribution >= 0.6 is 0 Å². The fourth-order valence-electron chi connectivity index (χ4n) is 3.05. The fraction of sp³-hybridized carbons (Fsp3) is 0.348. The Kier molecular flexibility index (Phi) is 6.09. The van der Waals surface area contributed by atoms with Crippen molar-refractivity contribution in [2.45, 2.75) is 39.3 Å². The third kappa shape index (κ3) is 5.28. The number of hydrogen-bond donors (Lipinski definition) is 0. The van der Waals surface area contributed by atoms with Gasteiger partial charge in [0.15, 0.2) is 5.79 Å². The average molecular weight is 366 g/mol. The predicted octanol–water partition coefficient (Wildman–Crippen LogP) is 4.60. The second-order valence-electron chi connectivity index (χ2n) is 7.24. The lowest BCUT2D eigenvalue weighted by Crippen LogP contribution is -2.46. The Morgan fingerprint density at radius 2 is 1.78 bits per heavy atom. The summed E-state index contributed by atoms with van der Waals surface area (Å²) >= 11 is 0. The van der Waals surface area contributed by atoms with Crippen LogP contribution in [0.3, 0.4) is 0 Å². The smallest absolute Gasteiger partial charge is 0.311 e. The van der Waals surface area contributed by atoms with Crippen molar-refractivity contribution < 1.29 is 19.0 Å². The Morgan fingerprint density at radius 1 is 1.15 bits per heavy atom. The van der Waals surface area contributed by atoms with Gasteiger partial charge in [0.1, 0.15) is 6.61 Å². The van der Waals surface area contributed by atoms with Gasteiger partial charge in [-0.1, -0.05) is 66.7 Å². The molecule has 1 saturated heterocycles. The largest absolute Gasteiger partial charge is 0.461 e. The van der Waals surface area contributed by atoms with Crippen LogP contribution in [-0.4, -0.2) is 24.5 Å². The van der Waals surface area contributed by atoms with Gasteiger partial charge in [-0.25, -0.2) is 0 Å². The summed E-state index contributed by atoms with van der Waals surface area (Å²) in [5.74, 6) is -1.46. The zero-order valence-corrected chi connectivity index (χ0v) is 16.1. The summed E-state index contributed by atoms with van der Waals surface area (Å²) in [5.41, 5.74) is 2.95. The molecule has 2 atom stereocenters. The van der Waals surface area contributed by atoms with E-state index >= 15 is 0 Å². The quantitative estimate of drug-likeness (QED) is 0.726. The van der Waals surface area contributed by atoms with E-state index in [0.29, 0.717) is 6.61 Å². The molecule has 1 heterocycles. The van der Waals surface area contributed by atoms with Crippen LogP contribution in [0.5, 0.6) is 0 Å². The standard InChI is InChI=1S/C23H26O4/c1-17(22(24)25-15-19-12-8-5-9-13-19)21-20(16-26-23(2,3)27-21)14-18-10-6-4-7-11-18/h4-14,17,21H,15-16H2,1-3H3/b20-14+/t17-,21+/m1/s1. The minimum Gasteiger partial charge on any atom is -0.461 e. The van der Waals surface area contributed by atoms with Crippen molar-refractivity contribution in [1.29, 1.82) is 0 Å². The van der Waals surface area contributed by atoms with E-state index in [1.807, 2.05) is 87.5 Å². The Hall–Kier alpha value is -2.43. The molecule has 0 bridgehead atoms. The number of benzene rings is 2. The van der Waals surface area contributed by atoms with Gasteiger partial charge < -0.3 is 14.2 Å². The number of esters is 1. The topological polar surface area (TPSA) is 44.8 Å². The van der Waals surface area contributed by atoms with E-state index in [1.165, 1.54) is 0 Å². The molecule has 0 saturated carbocycles. The molecule has 4 heteroatoms. The Labute approximate surface area is 160 Å². The third-order valence-corrected chi connectivity index (χ3v) is 4.56. The summed E-state index contributed by atoms with van der Waals surface area (Å²) in [4.78, 5) is 12.7. The van der Waals surface area contributed by atoms with Crippen LogP contribution in [-0.2, 0) is 25.6 Å². The van der Waals surface area contributed by atoms with Crippen molar-refractivity contribution in [3.63, 3.8) is 0 Å². The normalized spacial score (nSPS) is 21.6. The minimum absolute atomic E-state index is 0.258. The molecule has 3 rings (SSSR count). The molecule has 0 aliphatic carbocycles. The molecule has 1 aliphatic rings. The maximum atomic E-state index is 12.7. The van der Waals surface area contributed by atoms with Crippen molar-refractivity contribution in [3.05, 3.63) is 77.4 Å². The van der Waals surface area contributed by atoms with Gasteiger partial charge >= 0.3 is 5.97 Å². The van der Waals surface area contributed by atoms with Crippen molar-refractivity contribution in [2.75, 3.05) is 6.61 Å². The van der Waals surface area contributed by atoms with E-state index in [1.54, 1.807) is 0 Å². The maximum absolute atomic E-state index is 12.7. The summed E-state index contributed by atoms with van der Waals surface area (Å²) in [6.45, 7) is 6.25. The lowest BCUT2D eigenvalue weighted by molar-refractivity contribution is -0.259. The van der Waals surface area contributed by atoms with Crippen LogP contribution in [0.1, 0.15) is 31.9 Å². The third-order valence-electron chi connectivity index (χ3n) is 4.56. The second kappa shape index (κ2) is 8.51. The Bertz CT molecular complexity index is 781. The highest BCUT2D eigenvalue weighted by Crippen LogP contribution is 2.32. The lowest BCUT2D eigenvalue weighted by atomic mass is 9.94. The molecule has 27 heavy (non-hydrogen) atoms. The van der Waals surface area contributed by atoms with E-state index in [0.717, 1.165) is 16.7 Å². The number of rotatable bonds is 5. The maximum Gasteiger partial charge on any atom is 0.311 e. The molecular weight excluding hydrogens is 340 g/mol. The zero-order valence-electron chi connectivity index (χ0n) is 16.1. The first kappa shape index (κ1) is 19.3. The van der Waals surface area contributed by atoms with E-state index in [2.05, 4.69) is 0 Å². The van der Waals surface area contributed by atoms with E-state index in [4.69, 9.17) is 14.2 Å². The summed E-state index contributed by atoms with van der Waals surface area (Å²) in [6.07, 6.45) is 1.64. The molecular formula is C23H26O4. The molecule has 142 valence electrons.